The molecule has 1 heterocycles. The van der Waals surface area contributed by atoms with Crippen LogP contribution in [0, 0.1) is 0 Å². The summed E-state index contributed by atoms with van der Waals surface area (Å²) in [6.45, 7) is 0. The normalized spacial score (nSPS) is 9.42. The summed E-state index contributed by atoms with van der Waals surface area (Å²) in [7, 11) is 1.66. The molecule has 0 saturated carbocycles. The highest BCUT2D eigenvalue weighted by Gasteiger charge is 2.04. The van der Waals surface area contributed by atoms with Gasteiger partial charge in [-0.05, 0) is 12.1 Å². The number of pyridine rings is 1. The number of hydrogen-bond donors (Lipinski definition) is 3. The van der Waals surface area contributed by atoms with Crippen molar-refractivity contribution in [3.63, 3.8) is 0 Å². The van der Waals surface area contributed by atoms with Gasteiger partial charge in [-0.3, -0.25) is 9.59 Å². The van der Waals surface area contributed by atoms with E-state index in [0.29, 0.717) is 5.82 Å². The highest BCUT2D eigenvalue weighted by Crippen LogP contribution is 1.97. The Hall–Kier alpha value is -1.78. The van der Waals surface area contributed by atoms with E-state index in [0.717, 1.165) is 0 Å². The molecule has 1 aromatic heterocycles. The third-order valence-electron chi connectivity index (χ3n) is 1.44. The summed E-state index contributed by atoms with van der Waals surface area (Å²) >= 11 is 0. The zero-order valence-corrected chi connectivity index (χ0v) is 6.55. The average molecular weight is 167 g/mol. The summed E-state index contributed by atoms with van der Waals surface area (Å²) in [5.41, 5.74) is 4.42. The molecule has 0 radical (unpaired) electrons. The maximum Gasteiger partial charge on any atom is 0.262 e. The molecule has 0 atom stereocenters. The molecule has 1 aromatic rings. The second-order valence-corrected chi connectivity index (χ2v) is 2.23. The van der Waals surface area contributed by atoms with Crippen molar-refractivity contribution < 1.29 is 4.79 Å². The van der Waals surface area contributed by atoms with Crippen LogP contribution in [0.4, 0.5) is 5.82 Å². The number of rotatable bonds is 2. The lowest BCUT2D eigenvalue weighted by atomic mass is 10.2. The SMILES string of the molecule is CNc1ccc(C(N)=O)c(=O)[nH]1. The number of hydrogen-bond acceptors (Lipinski definition) is 3. The number of aromatic amines is 1. The van der Waals surface area contributed by atoms with Crippen LogP contribution in [0.1, 0.15) is 10.4 Å². The highest BCUT2D eigenvalue weighted by atomic mass is 16.2. The Balaban J connectivity index is 3.21. The van der Waals surface area contributed by atoms with Gasteiger partial charge in [0.1, 0.15) is 11.4 Å². The third kappa shape index (κ3) is 1.45. The van der Waals surface area contributed by atoms with Crippen LogP contribution in [-0.4, -0.2) is 17.9 Å². The van der Waals surface area contributed by atoms with E-state index in [-0.39, 0.29) is 5.56 Å². The molecule has 1 rings (SSSR count). The second kappa shape index (κ2) is 3.08. The zero-order valence-electron chi connectivity index (χ0n) is 6.55. The number of primary amides is 1. The first-order chi connectivity index (χ1) is 5.65. The minimum atomic E-state index is -0.723. The van der Waals surface area contributed by atoms with Crippen molar-refractivity contribution >= 4 is 11.7 Å². The van der Waals surface area contributed by atoms with Crippen molar-refractivity contribution in [3.8, 4) is 0 Å². The molecule has 1 amide bonds. The van der Waals surface area contributed by atoms with E-state index >= 15 is 0 Å². The fourth-order valence-electron chi connectivity index (χ4n) is 0.814. The van der Waals surface area contributed by atoms with E-state index < -0.39 is 11.5 Å². The van der Waals surface area contributed by atoms with Crippen molar-refractivity contribution in [3.05, 3.63) is 28.0 Å². The van der Waals surface area contributed by atoms with Crippen LogP contribution in [0.3, 0.4) is 0 Å². The summed E-state index contributed by atoms with van der Waals surface area (Å²) in [5, 5.41) is 2.73. The minimum Gasteiger partial charge on any atom is -0.375 e. The Morgan fingerprint density at radius 3 is 2.67 bits per heavy atom. The molecule has 0 saturated heterocycles. The van der Waals surface area contributed by atoms with Gasteiger partial charge in [0.05, 0.1) is 0 Å². The first-order valence-electron chi connectivity index (χ1n) is 3.36. The Morgan fingerprint density at radius 1 is 1.58 bits per heavy atom. The number of nitrogens with two attached hydrogens (primary N) is 1. The molecule has 0 bridgehead atoms. The summed E-state index contributed by atoms with van der Waals surface area (Å²) in [4.78, 5) is 24.1. The van der Waals surface area contributed by atoms with E-state index in [1.807, 2.05) is 0 Å². The van der Waals surface area contributed by atoms with E-state index in [4.69, 9.17) is 5.73 Å². The van der Waals surface area contributed by atoms with Crippen LogP contribution < -0.4 is 16.6 Å². The maximum absolute atomic E-state index is 11.0. The molecule has 0 aliphatic heterocycles. The number of amides is 1. The molecule has 0 unspecified atom stereocenters. The Labute approximate surface area is 68.6 Å². The lowest BCUT2D eigenvalue weighted by Gasteiger charge is -1.99. The van der Waals surface area contributed by atoms with Crippen molar-refractivity contribution in [1.82, 2.24) is 4.98 Å². The quantitative estimate of drug-likeness (QED) is 0.555. The second-order valence-electron chi connectivity index (χ2n) is 2.23. The summed E-state index contributed by atoms with van der Waals surface area (Å²) in [6.07, 6.45) is 0. The lowest BCUT2D eigenvalue weighted by molar-refractivity contribution is 0.0999. The van der Waals surface area contributed by atoms with Gasteiger partial charge in [0.15, 0.2) is 0 Å². The molecule has 0 aromatic carbocycles. The van der Waals surface area contributed by atoms with Crippen molar-refractivity contribution in [2.45, 2.75) is 0 Å². The predicted molar refractivity (Wildman–Crippen MR) is 45.1 cm³/mol. The zero-order chi connectivity index (χ0) is 9.14. The average Bonchev–Trinajstić information content (AvgIpc) is 2.03. The molecule has 4 N–H and O–H groups in total. The lowest BCUT2D eigenvalue weighted by Crippen LogP contribution is -2.23. The topological polar surface area (TPSA) is 88.0 Å². The maximum atomic E-state index is 11.0. The predicted octanol–water partition coefficient (Wildman–Crippen LogP) is -0.485. The standard InChI is InChI=1S/C7H9N3O2/c1-9-5-3-2-4(6(8)11)7(12)10-5/h2-3H,1H3,(H2,8,11)(H2,9,10,12). The smallest absolute Gasteiger partial charge is 0.262 e. The number of carbonyl (C=O) groups excluding carboxylic acids is 1. The summed E-state index contributed by atoms with van der Waals surface area (Å²) in [5.74, 6) is -0.177. The van der Waals surface area contributed by atoms with E-state index in [2.05, 4.69) is 10.3 Å². The minimum absolute atomic E-state index is 0.0333. The van der Waals surface area contributed by atoms with Gasteiger partial charge in [0.2, 0.25) is 0 Å². The monoisotopic (exact) mass is 167 g/mol. The van der Waals surface area contributed by atoms with E-state index in [1.165, 1.54) is 6.07 Å². The van der Waals surface area contributed by atoms with Crippen molar-refractivity contribution in [2.75, 3.05) is 12.4 Å². The molecule has 5 nitrogen and oxygen atoms in total. The number of H-pyrrole nitrogens is 1. The van der Waals surface area contributed by atoms with Crippen LogP contribution in [0.25, 0.3) is 0 Å². The largest absolute Gasteiger partial charge is 0.375 e. The first-order valence-corrected chi connectivity index (χ1v) is 3.36. The van der Waals surface area contributed by atoms with Crippen LogP contribution in [-0.2, 0) is 0 Å². The van der Waals surface area contributed by atoms with Gasteiger partial charge < -0.3 is 16.0 Å². The number of carbonyl (C=O) groups is 1. The first kappa shape index (κ1) is 8.32. The third-order valence-corrected chi connectivity index (χ3v) is 1.44. The molecule has 0 aliphatic rings. The van der Waals surface area contributed by atoms with Crippen LogP contribution >= 0.6 is 0 Å². The molecule has 5 heteroatoms. The van der Waals surface area contributed by atoms with Gasteiger partial charge in [-0.1, -0.05) is 0 Å². The fourth-order valence-corrected chi connectivity index (χ4v) is 0.814. The molecule has 0 aliphatic carbocycles. The van der Waals surface area contributed by atoms with Crippen molar-refractivity contribution in [2.24, 2.45) is 5.73 Å². The van der Waals surface area contributed by atoms with E-state index in [1.54, 1.807) is 13.1 Å². The highest BCUT2D eigenvalue weighted by molar-refractivity contribution is 5.92. The van der Waals surface area contributed by atoms with Gasteiger partial charge >= 0.3 is 0 Å². The number of anilines is 1. The van der Waals surface area contributed by atoms with Gasteiger partial charge in [0, 0.05) is 7.05 Å². The summed E-state index contributed by atoms with van der Waals surface area (Å²) < 4.78 is 0. The van der Waals surface area contributed by atoms with Gasteiger partial charge in [0.25, 0.3) is 11.5 Å². The van der Waals surface area contributed by atoms with E-state index in [9.17, 15) is 9.59 Å². The Morgan fingerprint density at radius 2 is 2.25 bits per heavy atom. The molecule has 0 spiro atoms. The van der Waals surface area contributed by atoms with Crippen LogP contribution in [0.5, 0.6) is 0 Å². The molecular weight excluding hydrogens is 158 g/mol. The summed E-state index contributed by atoms with van der Waals surface area (Å²) in [6, 6.07) is 2.95. The fraction of sp³-hybridized carbons (Fsp3) is 0.143. The number of aromatic nitrogens is 1. The van der Waals surface area contributed by atoms with Crippen molar-refractivity contribution in [1.29, 1.82) is 0 Å². The Bertz CT molecular complexity index is 356. The van der Waals surface area contributed by atoms with Gasteiger partial charge in [-0.2, -0.15) is 0 Å². The Kier molecular flexibility index (Phi) is 2.14. The van der Waals surface area contributed by atoms with Gasteiger partial charge in [-0.25, -0.2) is 0 Å². The number of nitrogens with one attached hydrogen (secondary N) is 2. The molecule has 12 heavy (non-hydrogen) atoms. The van der Waals surface area contributed by atoms with Gasteiger partial charge in [-0.15, -0.1) is 0 Å². The molecule has 64 valence electrons. The molecule has 0 fully saturated rings. The van der Waals surface area contributed by atoms with Crippen LogP contribution in [0.15, 0.2) is 16.9 Å². The van der Waals surface area contributed by atoms with Crippen LogP contribution in [0.2, 0.25) is 0 Å². The molecular formula is C7H9N3O2.